The molecule has 0 saturated carbocycles. The van der Waals surface area contributed by atoms with Crippen LogP contribution in [0.5, 0.6) is 0 Å². The normalized spacial score (nSPS) is 23.6. The number of carbonyl (C=O) groups excluding carboxylic acids is 1. The Balaban J connectivity index is 2.23. The largest absolute Gasteiger partial charge is 0.319 e. The van der Waals surface area contributed by atoms with Gasteiger partial charge < -0.3 is 4.90 Å². The van der Waals surface area contributed by atoms with Gasteiger partial charge in [0.2, 0.25) is 5.91 Å². The molecule has 5 heteroatoms. The second-order valence-electron chi connectivity index (χ2n) is 5.46. The minimum Gasteiger partial charge on any atom is -0.319 e. The number of rotatable bonds is 6. The lowest BCUT2D eigenvalue weighted by atomic mass is 10.1. The van der Waals surface area contributed by atoms with E-state index in [1.807, 2.05) is 47.9 Å². The molecule has 116 valence electrons. The number of nitrogens with one attached hydrogen (secondary N) is 1. The maximum atomic E-state index is 12.6. The average Bonchev–Trinajstić information content (AvgIpc) is 2.82. The summed E-state index contributed by atoms with van der Waals surface area (Å²) in [6.07, 6.45) is 3.88. The summed E-state index contributed by atoms with van der Waals surface area (Å²) in [5.41, 5.74) is 1.10. The van der Waals surface area contributed by atoms with Crippen LogP contribution in [-0.2, 0) is 4.79 Å². The molecule has 0 spiro atoms. The van der Waals surface area contributed by atoms with Gasteiger partial charge in [0, 0.05) is 11.1 Å². The highest BCUT2D eigenvalue weighted by atomic mass is 35.5. The van der Waals surface area contributed by atoms with E-state index in [1.54, 1.807) is 0 Å². The van der Waals surface area contributed by atoms with Crippen molar-refractivity contribution in [2.75, 3.05) is 12.0 Å². The Hall–Kier alpha value is -0.710. The first-order valence-corrected chi connectivity index (χ1v) is 9.18. The number of hydrogen-bond acceptors (Lipinski definition) is 3. The molecular formula is C16H23ClN2OS. The van der Waals surface area contributed by atoms with E-state index in [0.29, 0.717) is 0 Å². The van der Waals surface area contributed by atoms with E-state index in [0.717, 1.165) is 29.2 Å². The first-order chi connectivity index (χ1) is 10.1. The van der Waals surface area contributed by atoms with E-state index >= 15 is 0 Å². The quantitative estimate of drug-likeness (QED) is 0.865. The van der Waals surface area contributed by atoms with Crippen molar-refractivity contribution < 1.29 is 4.79 Å². The van der Waals surface area contributed by atoms with E-state index in [2.05, 4.69) is 18.5 Å². The van der Waals surface area contributed by atoms with Crippen molar-refractivity contribution in [3.05, 3.63) is 34.9 Å². The molecule has 1 aliphatic rings. The van der Waals surface area contributed by atoms with Crippen LogP contribution in [0.1, 0.15) is 38.4 Å². The lowest BCUT2D eigenvalue weighted by Crippen LogP contribution is -2.38. The van der Waals surface area contributed by atoms with Gasteiger partial charge in [-0.05, 0) is 49.5 Å². The number of nitrogens with zero attached hydrogens (tertiary/aromatic N) is 1. The SMILES string of the molecule is CCC1NC(c2ccc(Cl)cc2)N(C(C)CCSC)C1=O. The molecule has 1 aromatic carbocycles. The van der Waals surface area contributed by atoms with Crippen molar-refractivity contribution in [2.45, 2.75) is 44.9 Å². The third kappa shape index (κ3) is 3.74. The third-order valence-electron chi connectivity index (χ3n) is 4.00. The Bertz CT molecular complexity index is 480. The van der Waals surface area contributed by atoms with Gasteiger partial charge in [-0.3, -0.25) is 10.1 Å². The molecule has 0 aliphatic carbocycles. The van der Waals surface area contributed by atoms with Gasteiger partial charge in [0.15, 0.2) is 0 Å². The molecular weight excluding hydrogens is 304 g/mol. The lowest BCUT2D eigenvalue weighted by molar-refractivity contribution is -0.132. The molecule has 1 saturated heterocycles. The Morgan fingerprint density at radius 2 is 2.05 bits per heavy atom. The zero-order chi connectivity index (χ0) is 15.4. The predicted octanol–water partition coefficient (Wildman–Crippen LogP) is 3.69. The van der Waals surface area contributed by atoms with E-state index in [1.165, 1.54) is 0 Å². The summed E-state index contributed by atoms with van der Waals surface area (Å²) in [5, 5.41) is 4.18. The fourth-order valence-electron chi connectivity index (χ4n) is 2.74. The fourth-order valence-corrected chi connectivity index (χ4v) is 3.45. The van der Waals surface area contributed by atoms with Crippen molar-refractivity contribution in [3.63, 3.8) is 0 Å². The van der Waals surface area contributed by atoms with Crippen LogP contribution in [0.4, 0.5) is 0 Å². The monoisotopic (exact) mass is 326 g/mol. The van der Waals surface area contributed by atoms with Crippen molar-refractivity contribution in [1.82, 2.24) is 10.2 Å². The Labute approximate surface area is 136 Å². The first-order valence-electron chi connectivity index (χ1n) is 7.41. The molecule has 1 amide bonds. The molecule has 1 heterocycles. The molecule has 0 radical (unpaired) electrons. The third-order valence-corrected chi connectivity index (χ3v) is 4.89. The minimum atomic E-state index is -0.0811. The van der Waals surface area contributed by atoms with Crippen LogP contribution < -0.4 is 5.32 Å². The molecule has 0 aromatic heterocycles. The highest BCUT2D eigenvalue weighted by molar-refractivity contribution is 7.98. The van der Waals surface area contributed by atoms with Crippen LogP contribution in [0.3, 0.4) is 0 Å². The minimum absolute atomic E-state index is 0.0448. The van der Waals surface area contributed by atoms with Gasteiger partial charge in [0.1, 0.15) is 6.17 Å². The molecule has 3 unspecified atom stereocenters. The van der Waals surface area contributed by atoms with Gasteiger partial charge in [0.05, 0.1) is 6.04 Å². The van der Waals surface area contributed by atoms with Gasteiger partial charge in [-0.2, -0.15) is 11.8 Å². The molecule has 3 atom stereocenters. The van der Waals surface area contributed by atoms with Crippen LogP contribution in [-0.4, -0.2) is 34.9 Å². The smallest absolute Gasteiger partial charge is 0.241 e. The summed E-state index contributed by atoms with van der Waals surface area (Å²) < 4.78 is 0. The van der Waals surface area contributed by atoms with Crippen LogP contribution in [0.15, 0.2) is 24.3 Å². The average molecular weight is 327 g/mol. The van der Waals surface area contributed by atoms with Crippen molar-refractivity contribution in [3.8, 4) is 0 Å². The summed E-state index contributed by atoms with van der Waals surface area (Å²) in [6, 6.07) is 7.91. The van der Waals surface area contributed by atoms with Crippen molar-refractivity contribution in [1.29, 1.82) is 0 Å². The van der Waals surface area contributed by atoms with E-state index < -0.39 is 0 Å². The van der Waals surface area contributed by atoms with E-state index in [4.69, 9.17) is 11.6 Å². The molecule has 3 nitrogen and oxygen atoms in total. The molecule has 1 fully saturated rings. The number of thioether (sulfide) groups is 1. The van der Waals surface area contributed by atoms with Crippen LogP contribution in [0.25, 0.3) is 0 Å². The Kier molecular flexibility index (Phi) is 5.97. The number of amides is 1. The van der Waals surface area contributed by atoms with Gasteiger partial charge in [-0.1, -0.05) is 30.7 Å². The van der Waals surface area contributed by atoms with Gasteiger partial charge >= 0.3 is 0 Å². The van der Waals surface area contributed by atoms with Crippen molar-refractivity contribution >= 4 is 29.3 Å². The summed E-state index contributed by atoms with van der Waals surface area (Å²) in [4.78, 5) is 14.6. The molecule has 2 rings (SSSR count). The fraction of sp³-hybridized carbons (Fsp3) is 0.562. The standard InChI is InChI=1S/C16H23ClN2OS/c1-4-14-16(20)19(11(2)9-10-21-3)15(18-14)12-5-7-13(17)8-6-12/h5-8,11,14-15,18H,4,9-10H2,1-3H3. The van der Waals surface area contributed by atoms with Crippen LogP contribution in [0.2, 0.25) is 5.02 Å². The van der Waals surface area contributed by atoms with E-state index in [9.17, 15) is 4.79 Å². The lowest BCUT2D eigenvalue weighted by Gasteiger charge is -2.30. The highest BCUT2D eigenvalue weighted by Crippen LogP contribution is 2.30. The molecule has 1 aliphatic heterocycles. The Morgan fingerprint density at radius 3 is 2.62 bits per heavy atom. The number of hydrogen-bond donors (Lipinski definition) is 1. The maximum absolute atomic E-state index is 12.6. The molecule has 1 N–H and O–H groups in total. The van der Waals surface area contributed by atoms with E-state index in [-0.39, 0.29) is 24.2 Å². The molecule has 21 heavy (non-hydrogen) atoms. The number of benzene rings is 1. The predicted molar refractivity (Wildman–Crippen MR) is 90.7 cm³/mol. The zero-order valence-electron chi connectivity index (χ0n) is 12.8. The first kappa shape index (κ1) is 16.7. The van der Waals surface area contributed by atoms with Crippen LogP contribution in [0, 0.1) is 0 Å². The summed E-state index contributed by atoms with van der Waals surface area (Å²) in [7, 11) is 0. The molecule has 0 bridgehead atoms. The second-order valence-corrected chi connectivity index (χ2v) is 6.88. The summed E-state index contributed by atoms with van der Waals surface area (Å²) >= 11 is 7.79. The second kappa shape index (κ2) is 7.52. The van der Waals surface area contributed by atoms with Gasteiger partial charge in [-0.25, -0.2) is 0 Å². The van der Waals surface area contributed by atoms with Gasteiger partial charge in [0.25, 0.3) is 0 Å². The summed E-state index contributed by atoms with van der Waals surface area (Å²) in [5.74, 6) is 1.28. The topological polar surface area (TPSA) is 32.3 Å². The molecule has 1 aromatic rings. The highest BCUT2D eigenvalue weighted by Gasteiger charge is 2.40. The number of halogens is 1. The van der Waals surface area contributed by atoms with Crippen molar-refractivity contribution in [2.24, 2.45) is 0 Å². The summed E-state index contributed by atoms with van der Waals surface area (Å²) in [6.45, 7) is 4.18. The zero-order valence-corrected chi connectivity index (χ0v) is 14.4. The Morgan fingerprint density at radius 1 is 1.38 bits per heavy atom. The number of carbonyl (C=O) groups is 1. The maximum Gasteiger partial charge on any atom is 0.241 e. The van der Waals surface area contributed by atoms with Gasteiger partial charge in [-0.15, -0.1) is 0 Å². The van der Waals surface area contributed by atoms with Crippen LogP contribution >= 0.6 is 23.4 Å².